The Kier molecular flexibility index (Phi) is 4.48. The lowest BCUT2D eigenvalue weighted by Gasteiger charge is -2.24. The lowest BCUT2D eigenvalue weighted by molar-refractivity contribution is -0.385. The third-order valence-electron chi connectivity index (χ3n) is 3.15. The molecule has 1 N–H and O–H groups in total. The average molecular weight is 308 g/mol. The van der Waals surface area contributed by atoms with E-state index in [1.54, 1.807) is 11.0 Å². The van der Waals surface area contributed by atoms with Gasteiger partial charge in [-0.1, -0.05) is 0 Å². The van der Waals surface area contributed by atoms with E-state index in [1.165, 1.54) is 12.3 Å². The van der Waals surface area contributed by atoms with Crippen molar-refractivity contribution in [3.8, 4) is 0 Å². The lowest BCUT2D eigenvalue weighted by atomic mass is 10.2. The largest absolute Gasteiger partial charge is 0.444 e. The highest BCUT2D eigenvalue weighted by Gasteiger charge is 2.29. The fraction of sp³-hybridized carbons (Fsp3) is 0.571. The van der Waals surface area contributed by atoms with E-state index < -0.39 is 10.5 Å². The van der Waals surface area contributed by atoms with Crippen LogP contribution in [0.3, 0.4) is 0 Å². The molecule has 0 radical (unpaired) electrons. The minimum atomic E-state index is -0.511. The number of rotatable bonds is 3. The Labute approximate surface area is 128 Å². The van der Waals surface area contributed by atoms with Crippen LogP contribution in [0.2, 0.25) is 0 Å². The van der Waals surface area contributed by atoms with Crippen molar-refractivity contribution in [1.82, 2.24) is 9.88 Å². The molecule has 22 heavy (non-hydrogen) atoms. The standard InChI is InChI=1S/C14H20N4O4/c1-14(2,3)22-13(19)17-7-6-10(9-17)16-12-5-4-11(8-15-12)18(20)21/h4-5,8,10H,6-7,9H2,1-3H3,(H,15,16). The highest BCUT2D eigenvalue weighted by Crippen LogP contribution is 2.19. The van der Waals surface area contributed by atoms with Crippen LogP contribution in [0.25, 0.3) is 0 Å². The summed E-state index contributed by atoms with van der Waals surface area (Å²) in [6.07, 6.45) is 1.66. The van der Waals surface area contributed by atoms with E-state index >= 15 is 0 Å². The molecule has 1 aromatic heterocycles. The van der Waals surface area contributed by atoms with Crippen molar-refractivity contribution >= 4 is 17.6 Å². The Bertz CT molecular complexity index is 553. The molecule has 2 rings (SSSR count). The molecule has 8 heteroatoms. The van der Waals surface area contributed by atoms with Gasteiger partial charge in [0.1, 0.15) is 17.6 Å². The van der Waals surface area contributed by atoms with Crippen molar-refractivity contribution in [1.29, 1.82) is 0 Å². The van der Waals surface area contributed by atoms with Crippen molar-refractivity contribution in [3.63, 3.8) is 0 Å². The molecule has 2 heterocycles. The first-order valence-corrected chi connectivity index (χ1v) is 7.09. The molecule has 0 spiro atoms. The monoisotopic (exact) mass is 308 g/mol. The number of pyridine rings is 1. The van der Waals surface area contributed by atoms with Gasteiger partial charge >= 0.3 is 6.09 Å². The summed E-state index contributed by atoms with van der Waals surface area (Å²) in [6.45, 7) is 6.62. The van der Waals surface area contributed by atoms with Gasteiger partial charge in [-0.05, 0) is 33.3 Å². The molecule has 0 bridgehead atoms. The van der Waals surface area contributed by atoms with Crippen LogP contribution in [-0.2, 0) is 4.74 Å². The van der Waals surface area contributed by atoms with Gasteiger partial charge < -0.3 is 15.0 Å². The van der Waals surface area contributed by atoms with Crippen molar-refractivity contribution in [2.24, 2.45) is 0 Å². The van der Waals surface area contributed by atoms with Gasteiger partial charge in [0.25, 0.3) is 5.69 Å². The summed E-state index contributed by atoms with van der Waals surface area (Å²) in [5.41, 5.74) is -0.560. The van der Waals surface area contributed by atoms with E-state index in [4.69, 9.17) is 4.74 Å². The molecule has 0 aliphatic carbocycles. The van der Waals surface area contributed by atoms with Crippen LogP contribution in [0, 0.1) is 10.1 Å². The van der Waals surface area contributed by atoms with Crippen LogP contribution in [0.1, 0.15) is 27.2 Å². The second kappa shape index (κ2) is 6.17. The molecule has 1 saturated heterocycles. The zero-order valence-electron chi connectivity index (χ0n) is 12.9. The van der Waals surface area contributed by atoms with Gasteiger partial charge in [-0.15, -0.1) is 0 Å². The first-order valence-electron chi connectivity index (χ1n) is 7.09. The smallest absolute Gasteiger partial charge is 0.410 e. The zero-order chi connectivity index (χ0) is 16.3. The van der Waals surface area contributed by atoms with Gasteiger partial charge in [0, 0.05) is 25.2 Å². The molecule has 1 aliphatic rings. The number of anilines is 1. The Morgan fingerprint density at radius 2 is 2.23 bits per heavy atom. The molecule has 1 atom stereocenters. The number of hydrogen-bond donors (Lipinski definition) is 1. The summed E-state index contributed by atoms with van der Waals surface area (Å²) in [7, 11) is 0. The average Bonchev–Trinajstić information content (AvgIpc) is 2.86. The third kappa shape index (κ3) is 4.31. The molecular weight excluding hydrogens is 288 g/mol. The highest BCUT2D eigenvalue weighted by atomic mass is 16.6. The summed E-state index contributed by atoms with van der Waals surface area (Å²) in [6, 6.07) is 3.02. The number of nitro groups is 1. The molecule has 0 saturated carbocycles. The van der Waals surface area contributed by atoms with Gasteiger partial charge in [0.2, 0.25) is 0 Å². The third-order valence-corrected chi connectivity index (χ3v) is 3.15. The van der Waals surface area contributed by atoms with Crippen LogP contribution >= 0.6 is 0 Å². The van der Waals surface area contributed by atoms with E-state index in [-0.39, 0.29) is 17.8 Å². The molecule has 1 aliphatic heterocycles. The van der Waals surface area contributed by atoms with Gasteiger partial charge in [0.05, 0.1) is 4.92 Å². The lowest BCUT2D eigenvalue weighted by Crippen LogP contribution is -2.36. The van der Waals surface area contributed by atoms with E-state index in [0.717, 1.165) is 6.42 Å². The quantitative estimate of drug-likeness (QED) is 0.680. The van der Waals surface area contributed by atoms with Gasteiger partial charge in [0.15, 0.2) is 0 Å². The maximum atomic E-state index is 12.0. The predicted octanol–water partition coefficient (Wildman–Crippen LogP) is 2.41. The van der Waals surface area contributed by atoms with Gasteiger partial charge in [-0.2, -0.15) is 0 Å². The summed E-state index contributed by atoms with van der Waals surface area (Å²) >= 11 is 0. The number of likely N-dealkylation sites (tertiary alicyclic amines) is 1. The molecule has 8 nitrogen and oxygen atoms in total. The number of carbonyl (C=O) groups excluding carboxylic acids is 1. The van der Waals surface area contributed by atoms with Crippen LogP contribution in [0.5, 0.6) is 0 Å². The molecule has 0 aromatic carbocycles. The molecular formula is C14H20N4O4. The van der Waals surface area contributed by atoms with Crippen LogP contribution in [0.4, 0.5) is 16.3 Å². The van der Waals surface area contributed by atoms with Crippen molar-refractivity contribution in [2.75, 3.05) is 18.4 Å². The second-order valence-electron chi connectivity index (χ2n) is 6.22. The number of nitrogens with zero attached hydrogens (tertiary/aromatic N) is 3. The summed E-state index contributed by atoms with van der Waals surface area (Å²) in [5, 5.41) is 13.7. The first-order chi connectivity index (χ1) is 10.2. The molecule has 1 amide bonds. The van der Waals surface area contributed by atoms with Crippen LogP contribution in [-0.4, -0.2) is 45.6 Å². The van der Waals surface area contributed by atoms with Crippen LogP contribution < -0.4 is 5.32 Å². The van der Waals surface area contributed by atoms with Gasteiger partial charge in [-0.3, -0.25) is 10.1 Å². The number of carbonyl (C=O) groups is 1. The first kappa shape index (κ1) is 16.0. The zero-order valence-corrected chi connectivity index (χ0v) is 12.9. The maximum Gasteiger partial charge on any atom is 0.410 e. The number of amides is 1. The SMILES string of the molecule is CC(C)(C)OC(=O)N1CCC(Nc2ccc([N+](=O)[O-])cn2)C1. The number of aromatic nitrogens is 1. The highest BCUT2D eigenvalue weighted by molar-refractivity contribution is 5.68. The number of ether oxygens (including phenoxy) is 1. The Morgan fingerprint density at radius 3 is 2.77 bits per heavy atom. The fourth-order valence-electron chi connectivity index (χ4n) is 2.16. The second-order valence-corrected chi connectivity index (χ2v) is 6.22. The summed E-state index contributed by atoms with van der Waals surface area (Å²) in [4.78, 5) is 27.7. The van der Waals surface area contributed by atoms with Crippen LogP contribution in [0.15, 0.2) is 18.3 Å². The fourth-order valence-corrected chi connectivity index (χ4v) is 2.16. The Hall–Kier alpha value is -2.38. The van der Waals surface area contributed by atoms with E-state index in [9.17, 15) is 14.9 Å². The Balaban J connectivity index is 1.88. The van der Waals surface area contributed by atoms with Crippen molar-refractivity contribution in [2.45, 2.75) is 38.8 Å². The van der Waals surface area contributed by atoms with Crippen molar-refractivity contribution in [3.05, 3.63) is 28.4 Å². The summed E-state index contributed by atoms with van der Waals surface area (Å²) < 4.78 is 5.33. The Morgan fingerprint density at radius 1 is 1.50 bits per heavy atom. The normalized spacial score (nSPS) is 18.1. The topological polar surface area (TPSA) is 97.6 Å². The molecule has 120 valence electrons. The minimum absolute atomic E-state index is 0.0487. The molecule has 1 fully saturated rings. The molecule has 1 unspecified atom stereocenters. The molecule has 1 aromatic rings. The van der Waals surface area contributed by atoms with E-state index in [1.807, 2.05) is 20.8 Å². The van der Waals surface area contributed by atoms with Gasteiger partial charge in [-0.25, -0.2) is 9.78 Å². The number of nitrogens with one attached hydrogen (secondary N) is 1. The summed E-state index contributed by atoms with van der Waals surface area (Å²) in [5.74, 6) is 0.557. The predicted molar refractivity (Wildman–Crippen MR) is 80.7 cm³/mol. The van der Waals surface area contributed by atoms with E-state index in [0.29, 0.717) is 18.9 Å². The van der Waals surface area contributed by atoms with Crippen molar-refractivity contribution < 1.29 is 14.5 Å². The maximum absolute atomic E-state index is 12.0. The minimum Gasteiger partial charge on any atom is -0.444 e. The number of hydrogen-bond acceptors (Lipinski definition) is 6. The van der Waals surface area contributed by atoms with E-state index in [2.05, 4.69) is 10.3 Å².